The molecule has 0 saturated heterocycles. The number of furan rings is 1. The van der Waals surface area contributed by atoms with Crippen LogP contribution in [-0.4, -0.2) is 11.5 Å². The van der Waals surface area contributed by atoms with E-state index in [1.54, 1.807) is 6.07 Å². The molecule has 0 aliphatic heterocycles. The Labute approximate surface area is 116 Å². The van der Waals surface area contributed by atoms with Crippen LogP contribution in [0.25, 0.3) is 0 Å². The van der Waals surface area contributed by atoms with Crippen LogP contribution in [0.3, 0.4) is 0 Å². The van der Waals surface area contributed by atoms with Crippen molar-refractivity contribution in [1.82, 2.24) is 5.32 Å². The lowest BCUT2D eigenvalue weighted by molar-refractivity contribution is -0.402. The van der Waals surface area contributed by atoms with Crippen LogP contribution in [0.1, 0.15) is 18.2 Å². The van der Waals surface area contributed by atoms with Crippen molar-refractivity contribution in [3.8, 4) is 5.75 Å². The highest BCUT2D eigenvalue weighted by Crippen LogP contribution is 2.16. The zero-order valence-electron chi connectivity index (χ0n) is 11.2. The maximum atomic E-state index is 10.5. The van der Waals surface area contributed by atoms with Gasteiger partial charge in [-0.1, -0.05) is 12.1 Å². The number of nitrogens with one attached hydrogen (secondary N) is 1. The van der Waals surface area contributed by atoms with Crippen LogP contribution in [0.5, 0.6) is 5.75 Å². The van der Waals surface area contributed by atoms with Gasteiger partial charge in [0.2, 0.25) is 0 Å². The van der Waals surface area contributed by atoms with Gasteiger partial charge in [-0.3, -0.25) is 10.1 Å². The van der Waals surface area contributed by atoms with Gasteiger partial charge in [-0.25, -0.2) is 0 Å². The summed E-state index contributed by atoms with van der Waals surface area (Å²) in [6.07, 6.45) is 0. The minimum absolute atomic E-state index is 0.236. The molecule has 0 aliphatic rings. The Kier molecular flexibility index (Phi) is 4.73. The first kappa shape index (κ1) is 14.1. The summed E-state index contributed by atoms with van der Waals surface area (Å²) in [6.45, 7) is 3.64. The Morgan fingerprint density at radius 1 is 1.30 bits per heavy atom. The van der Waals surface area contributed by atoms with E-state index in [9.17, 15) is 10.1 Å². The molecule has 0 fully saturated rings. The largest absolute Gasteiger partial charge is 0.494 e. The van der Waals surface area contributed by atoms with E-state index in [0.717, 1.165) is 11.3 Å². The Bertz CT molecular complexity index is 580. The molecule has 2 aromatic rings. The van der Waals surface area contributed by atoms with Crippen LogP contribution in [-0.2, 0) is 13.1 Å². The summed E-state index contributed by atoms with van der Waals surface area (Å²) < 4.78 is 10.5. The van der Waals surface area contributed by atoms with Gasteiger partial charge in [0.15, 0.2) is 0 Å². The van der Waals surface area contributed by atoms with E-state index in [4.69, 9.17) is 9.15 Å². The third kappa shape index (κ3) is 3.83. The van der Waals surface area contributed by atoms with Crippen molar-refractivity contribution < 1.29 is 14.1 Å². The molecule has 0 saturated carbocycles. The molecule has 0 radical (unpaired) electrons. The van der Waals surface area contributed by atoms with Gasteiger partial charge in [0.1, 0.15) is 16.4 Å². The minimum Gasteiger partial charge on any atom is -0.494 e. The molecule has 1 aromatic heterocycles. The third-order valence-electron chi connectivity index (χ3n) is 2.67. The number of nitro groups is 1. The number of hydrogen-bond acceptors (Lipinski definition) is 5. The Morgan fingerprint density at radius 2 is 2.15 bits per heavy atom. The highest BCUT2D eigenvalue weighted by Gasteiger charge is 2.11. The van der Waals surface area contributed by atoms with Crippen molar-refractivity contribution in [2.24, 2.45) is 0 Å². The highest BCUT2D eigenvalue weighted by molar-refractivity contribution is 5.28. The van der Waals surface area contributed by atoms with Crippen LogP contribution in [0.15, 0.2) is 40.8 Å². The standard InChI is InChI=1S/C14H16N2O4/c1-2-19-12-5-3-4-11(8-12)9-15-10-13-6-7-14(20-13)16(17)18/h3-8,15H,2,9-10H2,1H3. The average molecular weight is 276 g/mol. The summed E-state index contributed by atoms with van der Waals surface area (Å²) in [5.74, 6) is 1.14. The molecule has 0 atom stereocenters. The average Bonchev–Trinajstić information content (AvgIpc) is 2.89. The molecule has 0 amide bonds. The molecule has 1 aromatic carbocycles. The monoisotopic (exact) mass is 276 g/mol. The van der Waals surface area contributed by atoms with Gasteiger partial charge in [-0.2, -0.15) is 0 Å². The van der Waals surface area contributed by atoms with Gasteiger partial charge in [0, 0.05) is 6.54 Å². The van der Waals surface area contributed by atoms with E-state index in [1.165, 1.54) is 6.07 Å². The maximum absolute atomic E-state index is 10.5. The van der Waals surface area contributed by atoms with Crippen molar-refractivity contribution in [2.45, 2.75) is 20.0 Å². The lowest BCUT2D eigenvalue weighted by atomic mass is 10.2. The Morgan fingerprint density at radius 3 is 2.85 bits per heavy atom. The minimum atomic E-state index is -0.547. The van der Waals surface area contributed by atoms with E-state index in [0.29, 0.717) is 25.5 Å². The fourth-order valence-electron chi connectivity index (χ4n) is 1.80. The second-order valence-electron chi connectivity index (χ2n) is 4.18. The summed E-state index contributed by atoms with van der Waals surface area (Å²) in [5.41, 5.74) is 1.08. The predicted octanol–water partition coefficient (Wildman–Crippen LogP) is 2.88. The molecule has 0 aliphatic carbocycles. The molecule has 20 heavy (non-hydrogen) atoms. The van der Waals surface area contributed by atoms with Gasteiger partial charge in [0.05, 0.1) is 19.2 Å². The summed E-state index contributed by atoms with van der Waals surface area (Å²) in [7, 11) is 0. The molecule has 6 heteroatoms. The number of rotatable bonds is 7. The molecular weight excluding hydrogens is 260 g/mol. The Balaban J connectivity index is 1.85. The second-order valence-corrected chi connectivity index (χ2v) is 4.18. The first-order valence-electron chi connectivity index (χ1n) is 6.34. The van der Waals surface area contributed by atoms with Crippen LogP contribution in [0.4, 0.5) is 5.88 Å². The van der Waals surface area contributed by atoms with Crippen molar-refractivity contribution in [3.05, 3.63) is 57.8 Å². The fraction of sp³-hybridized carbons (Fsp3) is 0.286. The van der Waals surface area contributed by atoms with E-state index < -0.39 is 4.92 Å². The molecule has 1 heterocycles. The molecule has 0 spiro atoms. The summed E-state index contributed by atoms with van der Waals surface area (Å²) >= 11 is 0. The van der Waals surface area contributed by atoms with E-state index >= 15 is 0 Å². The number of hydrogen-bond donors (Lipinski definition) is 1. The molecule has 6 nitrogen and oxygen atoms in total. The molecular formula is C14H16N2O4. The van der Waals surface area contributed by atoms with Crippen LogP contribution >= 0.6 is 0 Å². The van der Waals surface area contributed by atoms with Gasteiger partial charge in [0.25, 0.3) is 0 Å². The first-order valence-corrected chi connectivity index (χ1v) is 6.34. The predicted molar refractivity (Wildman–Crippen MR) is 73.5 cm³/mol. The number of nitrogens with zero attached hydrogens (tertiary/aromatic N) is 1. The lowest BCUT2D eigenvalue weighted by Crippen LogP contribution is -2.12. The molecule has 1 N–H and O–H groups in total. The number of benzene rings is 1. The molecule has 106 valence electrons. The van der Waals surface area contributed by atoms with Gasteiger partial charge >= 0.3 is 5.88 Å². The normalized spacial score (nSPS) is 10.4. The third-order valence-corrected chi connectivity index (χ3v) is 2.67. The SMILES string of the molecule is CCOc1cccc(CNCc2ccc([N+](=O)[O-])o2)c1. The maximum Gasteiger partial charge on any atom is 0.433 e. The summed E-state index contributed by atoms with van der Waals surface area (Å²) in [6, 6.07) is 10.7. The summed E-state index contributed by atoms with van der Waals surface area (Å²) in [5, 5.41) is 13.7. The van der Waals surface area contributed by atoms with Gasteiger partial charge < -0.3 is 14.5 Å². The van der Waals surface area contributed by atoms with Crippen LogP contribution in [0.2, 0.25) is 0 Å². The zero-order valence-corrected chi connectivity index (χ0v) is 11.2. The number of ether oxygens (including phenoxy) is 1. The van der Waals surface area contributed by atoms with E-state index in [-0.39, 0.29) is 5.88 Å². The molecule has 2 rings (SSSR count). The van der Waals surface area contributed by atoms with Crippen LogP contribution < -0.4 is 10.1 Å². The van der Waals surface area contributed by atoms with Gasteiger partial charge in [-0.15, -0.1) is 0 Å². The van der Waals surface area contributed by atoms with E-state index in [2.05, 4.69) is 5.32 Å². The van der Waals surface area contributed by atoms with E-state index in [1.807, 2.05) is 31.2 Å². The van der Waals surface area contributed by atoms with Crippen molar-refractivity contribution in [3.63, 3.8) is 0 Å². The van der Waals surface area contributed by atoms with Crippen molar-refractivity contribution in [1.29, 1.82) is 0 Å². The smallest absolute Gasteiger partial charge is 0.433 e. The zero-order chi connectivity index (χ0) is 14.4. The molecule has 0 unspecified atom stereocenters. The van der Waals surface area contributed by atoms with Crippen molar-refractivity contribution in [2.75, 3.05) is 6.61 Å². The van der Waals surface area contributed by atoms with Crippen molar-refractivity contribution >= 4 is 5.88 Å². The first-order chi connectivity index (χ1) is 9.69. The lowest BCUT2D eigenvalue weighted by Gasteiger charge is -2.06. The summed E-state index contributed by atoms with van der Waals surface area (Å²) in [4.78, 5) is 9.94. The second kappa shape index (κ2) is 6.72. The fourth-order valence-corrected chi connectivity index (χ4v) is 1.80. The topological polar surface area (TPSA) is 77.5 Å². The Hall–Kier alpha value is -2.34. The van der Waals surface area contributed by atoms with Crippen LogP contribution in [0, 0.1) is 10.1 Å². The van der Waals surface area contributed by atoms with Gasteiger partial charge in [-0.05, 0) is 30.7 Å². The highest BCUT2D eigenvalue weighted by atomic mass is 16.6. The quantitative estimate of drug-likeness (QED) is 0.621. The molecule has 0 bridgehead atoms.